The Kier molecular flexibility index (Phi) is 16.0. The third-order valence-corrected chi connectivity index (χ3v) is 10.1. The van der Waals surface area contributed by atoms with E-state index < -0.39 is 18.2 Å². The maximum absolute atomic E-state index is 14.0. The third-order valence-electron chi connectivity index (χ3n) is 9.30. The molecule has 1 aromatic rings. The highest BCUT2D eigenvalue weighted by molar-refractivity contribution is 14.1. The number of hydrogen-bond donors (Lipinski definition) is 4. The van der Waals surface area contributed by atoms with Gasteiger partial charge in [0, 0.05) is 25.1 Å². The summed E-state index contributed by atoms with van der Waals surface area (Å²) in [6, 6.07) is 2.69. The molecule has 2 aliphatic rings. The average Bonchev–Trinajstić information content (AvgIpc) is 3.04. The monoisotopic (exact) mass is 758 g/mol. The Morgan fingerprint density at radius 2 is 1.91 bits per heavy atom. The lowest BCUT2D eigenvalue weighted by Gasteiger charge is -2.41. The number of aliphatic hydroxyl groups excluding tert-OH is 3. The average molecular weight is 759 g/mol. The summed E-state index contributed by atoms with van der Waals surface area (Å²) in [5.74, 6) is 1.53. The van der Waals surface area contributed by atoms with Gasteiger partial charge in [0.1, 0.15) is 18.8 Å². The smallest absolute Gasteiger partial charge is 0.248 e. The van der Waals surface area contributed by atoms with Crippen LogP contribution in [0.4, 0.5) is 0 Å². The highest BCUT2D eigenvalue weighted by Crippen LogP contribution is 2.38. The van der Waals surface area contributed by atoms with Crippen molar-refractivity contribution in [1.29, 1.82) is 0 Å². The fourth-order valence-electron chi connectivity index (χ4n) is 6.65. The lowest BCUT2D eigenvalue weighted by atomic mass is 9.75. The topological polar surface area (TPSA) is 138 Å². The maximum Gasteiger partial charge on any atom is 0.248 e. The second-order valence-corrected chi connectivity index (χ2v) is 14.3. The quantitative estimate of drug-likeness (QED) is 0.134. The molecule has 10 nitrogen and oxygen atoms in total. The van der Waals surface area contributed by atoms with E-state index in [9.17, 15) is 24.9 Å². The van der Waals surface area contributed by atoms with Crippen LogP contribution in [0.5, 0.6) is 11.5 Å². The van der Waals surface area contributed by atoms with Gasteiger partial charge in [0.25, 0.3) is 0 Å². The zero-order chi connectivity index (χ0) is 33.8. The Labute approximate surface area is 288 Å². The Morgan fingerprint density at radius 3 is 2.57 bits per heavy atom. The number of carbonyl (C=O) groups excluding carboxylic acids is 2. The number of halogens is 1. The fraction of sp³-hybridized carbons (Fsp3) is 0.714. The number of benzene rings is 1. The van der Waals surface area contributed by atoms with Crippen molar-refractivity contribution in [2.24, 2.45) is 17.8 Å². The van der Waals surface area contributed by atoms with E-state index in [0.29, 0.717) is 50.5 Å². The number of amides is 2. The van der Waals surface area contributed by atoms with Gasteiger partial charge in [0.15, 0.2) is 11.5 Å². The molecule has 0 spiro atoms. The summed E-state index contributed by atoms with van der Waals surface area (Å²) in [6.07, 6.45) is 6.52. The largest absolute Gasteiger partial charge is 0.493 e. The molecule has 1 aromatic carbocycles. The summed E-state index contributed by atoms with van der Waals surface area (Å²) in [5, 5.41) is 33.6. The molecule has 1 saturated carbocycles. The molecule has 0 aromatic heterocycles. The number of unbranched alkanes of at least 4 members (excludes halogenated alkanes) is 3. The first-order valence-electron chi connectivity index (χ1n) is 16.9. The minimum Gasteiger partial charge on any atom is -0.493 e. The number of aliphatic hydroxyl groups is 3. The van der Waals surface area contributed by atoms with Crippen molar-refractivity contribution >= 4 is 34.4 Å². The molecule has 0 heterocycles. The summed E-state index contributed by atoms with van der Waals surface area (Å²) in [7, 11) is 1.50. The number of nitrogens with zero attached hydrogens (tertiary/aromatic N) is 1. The Morgan fingerprint density at radius 1 is 1.15 bits per heavy atom. The predicted octanol–water partition coefficient (Wildman–Crippen LogP) is 4.59. The van der Waals surface area contributed by atoms with Crippen LogP contribution in [0, 0.1) is 21.3 Å². The predicted molar refractivity (Wildman–Crippen MR) is 186 cm³/mol. The van der Waals surface area contributed by atoms with E-state index >= 15 is 0 Å². The number of nitrogens with one attached hydrogen (secondary N) is 1. The van der Waals surface area contributed by atoms with E-state index in [0.717, 1.165) is 44.9 Å². The molecule has 1 fully saturated rings. The minimum absolute atomic E-state index is 0.00171. The maximum atomic E-state index is 14.0. The third kappa shape index (κ3) is 10.5. The summed E-state index contributed by atoms with van der Waals surface area (Å²) in [6.45, 7) is 8.80. The van der Waals surface area contributed by atoms with E-state index in [4.69, 9.17) is 14.2 Å². The molecule has 0 saturated heterocycles. The van der Waals surface area contributed by atoms with Gasteiger partial charge >= 0.3 is 0 Å². The molecule has 2 aliphatic carbocycles. The van der Waals surface area contributed by atoms with Crippen molar-refractivity contribution < 1.29 is 39.1 Å². The van der Waals surface area contributed by atoms with E-state index in [1.807, 2.05) is 0 Å². The number of carbonyl (C=O) groups is 2. The van der Waals surface area contributed by atoms with Gasteiger partial charge in [-0.05, 0) is 83.4 Å². The van der Waals surface area contributed by atoms with Gasteiger partial charge in [-0.1, -0.05) is 53.4 Å². The van der Waals surface area contributed by atoms with Crippen LogP contribution in [-0.4, -0.2) is 89.8 Å². The Hall–Kier alpha value is -1.93. The number of methoxy groups -OCH3 is 1. The van der Waals surface area contributed by atoms with Crippen LogP contribution in [0.1, 0.15) is 84.6 Å². The van der Waals surface area contributed by atoms with Gasteiger partial charge in [0.05, 0.1) is 36.0 Å². The molecule has 0 aliphatic heterocycles. The number of ether oxygens (including phenoxy) is 3. The van der Waals surface area contributed by atoms with Crippen LogP contribution in [0.15, 0.2) is 23.8 Å². The van der Waals surface area contributed by atoms with Crippen molar-refractivity contribution in [3.63, 3.8) is 0 Å². The second kappa shape index (κ2) is 19.2. The van der Waals surface area contributed by atoms with E-state index in [2.05, 4.69) is 55.6 Å². The molecule has 2 amide bonds. The van der Waals surface area contributed by atoms with E-state index in [1.165, 1.54) is 7.11 Å². The van der Waals surface area contributed by atoms with Gasteiger partial charge in [-0.3, -0.25) is 9.59 Å². The number of rotatable bonds is 17. The summed E-state index contributed by atoms with van der Waals surface area (Å²) >= 11 is 2.09. The Balaban J connectivity index is 1.93. The summed E-state index contributed by atoms with van der Waals surface area (Å²) in [4.78, 5) is 29.0. The van der Waals surface area contributed by atoms with Crippen LogP contribution in [0.25, 0.3) is 0 Å². The summed E-state index contributed by atoms with van der Waals surface area (Å²) < 4.78 is 19.0. The molecule has 0 bridgehead atoms. The molecule has 6 atom stereocenters. The molecule has 3 rings (SSSR count). The summed E-state index contributed by atoms with van der Waals surface area (Å²) in [5.41, 5.74) is 1.01. The first kappa shape index (κ1) is 38.5. The van der Waals surface area contributed by atoms with Gasteiger partial charge in [-0.15, -0.1) is 0 Å². The highest BCUT2D eigenvalue weighted by atomic mass is 127. The molecule has 46 heavy (non-hydrogen) atoms. The van der Waals surface area contributed by atoms with Crippen molar-refractivity contribution in [1.82, 2.24) is 10.2 Å². The van der Waals surface area contributed by atoms with Crippen molar-refractivity contribution in [3.05, 3.63) is 32.9 Å². The van der Waals surface area contributed by atoms with Gasteiger partial charge in [-0.25, -0.2) is 0 Å². The lowest BCUT2D eigenvalue weighted by Crippen LogP contribution is -2.56. The first-order valence-corrected chi connectivity index (χ1v) is 17.9. The molecular formula is C35H55IN2O8. The van der Waals surface area contributed by atoms with Crippen molar-refractivity contribution in [2.45, 2.75) is 110 Å². The van der Waals surface area contributed by atoms with Gasteiger partial charge in [-0.2, -0.15) is 0 Å². The van der Waals surface area contributed by atoms with Gasteiger partial charge in [0.2, 0.25) is 11.8 Å². The van der Waals surface area contributed by atoms with E-state index in [-0.39, 0.29) is 50.7 Å². The first-order chi connectivity index (χ1) is 22.0. The zero-order valence-corrected chi connectivity index (χ0v) is 30.3. The Bertz CT molecular complexity index is 1160. The van der Waals surface area contributed by atoms with Crippen molar-refractivity contribution in [3.8, 4) is 11.5 Å². The fourth-order valence-corrected chi connectivity index (χ4v) is 7.44. The lowest BCUT2D eigenvalue weighted by molar-refractivity contribution is -0.148. The number of hydrogen-bond acceptors (Lipinski definition) is 8. The van der Waals surface area contributed by atoms with Crippen LogP contribution < -0.4 is 14.8 Å². The molecular weight excluding hydrogens is 703 g/mol. The van der Waals surface area contributed by atoms with Crippen LogP contribution in [0.3, 0.4) is 0 Å². The standard InChI is InChI=1S/C35H55IN2O8/c1-6-7-8-9-13-38(32(41)21-45-29-15-23(4)10-11-26(29)22(2)3)28-18-25(35(43)37-12-14-39)19-30(33(28)42)46-34-27(36)16-24(20-40)17-31(34)44-5/h16-17,19,22-23,26,28-30,33,39-40,42H,6-15,18,20-21H2,1-5H3,(H,37,43). The minimum atomic E-state index is -1.15. The van der Waals surface area contributed by atoms with Crippen LogP contribution >= 0.6 is 22.6 Å². The molecule has 0 radical (unpaired) electrons. The second-order valence-electron chi connectivity index (χ2n) is 13.1. The molecule has 260 valence electrons. The molecule has 11 heteroatoms. The van der Waals surface area contributed by atoms with E-state index in [1.54, 1.807) is 23.1 Å². The van der Waals surface area contributed by atoms with Gasteiger partial charge < -0.3 is 39.7 Å². The van der Waals surface area contributed by atoms with Crippen molar-refractivity contribution in [2.75, 3.05) is 33.4 Å². The highest BCUT2D eigenvalue weighted by Gasteiger charge is 2.41. The molecule has 4 N–H and O–H groups in total. The SMILES string of the molecule is CCCCCCN(C(=O)COC1CC(C)CCC1C(C)C)C1CC(C(=O)NCCO)=CC(Oc2c(I)cc(CO)cc2OC)C1O. The zero-order valence-electron chi connectivity index (χ0n) is 28.2. The normalized spacial score (nSPS) is 24.8. The van der Waals surface area contributed by atoms with Crippen LogP contribution in [-0.2, 0) is 20.9 Å². The molecule has 6 unspecified atom stereocenters. The van der Waals surface area contributed by atoms with Crippen LogP contribution in [0.2, 0.25) is 0 Å².